The second-order valence-corrected chi connectivity index (χ2v) is 3.15. The first-order valence-electron chi connectivity index (χ1n) is 4.43. The number of nitrogens with two attached hydrogens (primary N) is 1. The number of pyridine rings is 1. The number of aromatic nitrogens is 1. The van der Waals surface area contributed by atoms with Crippen LogP contribution in [0.1, 0.15) is 10.4 Å². The lowest BCUT2D eigenvalue weighted by atomic mass is 10.1. The van der Waals surface area contributed by atoms with E-state index < -0.39 is 10.8 Å². The number of hydrogen-bond donors (Lipinski definition) is 1. The number of hydrogen-bond acceptors (Lipinski definition) is 4. The highest BCUT2D eigenvalue weighted by atomic mass is 16.6. The van der Waals surface area contributed by atoms with Gasteiger partial charge in [0, 0.05) is 12.3 Å². The van der Waals surface area contributed by atoms with Gasteiger partial charge in [-0.05, 0) is 18.2 Å². The molecule has 0 atom stereocenters. The van der Waals surface area contributed by atoms with E-state index in [0.29, 0.717) is 5.39 Å². The van der Waals surface area contributed by atoms with E-state index in [2.05, 4.69) is 4.98 Å². The van der Waals surface area contributed by atoms with Gasteiger partial charge in [0.05, 0.1) is 21.4 Å². The van der Waals surface area contributed by atoms with Crippen LogP contribution in [0.5, 0.6) is 0 Å². The molecule has 0 saturated heterocycles. The van der Waals surface area contributed by atoms with Crippen molar-refractivity contribution in [1.29, 1.82) is 0 Å². The average Bonchev–Trinajstić information content (AvgIpc) is 2.27. The van der Waals surface area contributed by atoms with E-state index in [4.69, 9.17) is 5.73 Å². The zero-order chi connectivity index (χ0) is 11.7. The number of carbonyl (C=O) groups excluding carboxylic acids is 1. The van der Waals surface area contributed by atoms with Crippen LogP contribution in [0.4, 0.5) is 5.69 Å². The molecule has 0 spiro atoms. The zero-order valence-electron chi connectivity index (χ0n) is 8.08. The maximum atomic E-state index is 11.1. The van der Waals surface area contributed by atoms with Crippen LogP contribution in [-0.4, -0.2) is 15.8 Å². The number of primary amides is 1. The number of carbonyl (C=O) groups is 1. The maximum absolute atomic E-state index is 11.1. The summed E-state index contributed by atoms with van der Waals surface area (Å²) in [5, 5.41) is 11.1. The molecule has 2 rings (SSSR count). The van der Waals surface area contributed by atoms with E-state index in [9.17, 15) is 14.9 Å². The van der Waals surface area contributed by atoms with Crippen molar-refractivity contribution >= 4 is 22.5 Å². The Hall–Kier alpha value is -2.50. The minimum Gasteiger partial charge on any atom is -0.366 e. The molecule has 1 heterocycles. The molecule has 0 unspecified atom stereocenters. The topological polar surface area (TPSA) is 99.1 Å². The SMILES string of the molecule is NC(=O)c1ccc([N+](=O)[O-])c2cccnc12. The lowest BCUT2D eigenvalue weighted by Gasteiger charge is -2.02. The largest absolute Gasteiger partial charge is 0.366 e. The molecule has 16 heavy (non-hydrogen) atoms. The van der Waals surface area contributed by atoms with Crippen LogP contribution in [-0.2, 0) is 0 Å². The maximum Gasteiger partial charge on any atom is 0.278 e. The molecule has 0 bridgehead atoms. The number of fused-ring (bicyclic) bond motifs is 1. The van der Waals surface area contributed by atoms with Crippen LogP contribution in [0.25, 0.3) is 10.9 Å². The molecule has 6 nitrogen and oxygen atoms in total. The fourth-order valence-corrected chi connectivity index (χ4v) is 1.52. The monoisotopic (exact) mass is 217 g/mol. The second kappa shape index (κ2) is 3.58. The minimum absolute atomic E-state index is 0.0897. The van der Waals surface area contributed by atoms with Gasteiger partial charge in [0.1, 0.15) is 0 Å². The Kier molecular flexibility index (Phi) is 2.24. The lowest BCUT2D eigenvalue weighted by molar-refractivity contribution is -0.383. The Labute approximate surface area is 89.9 Å². The van der Waals surface area contributed by atoms with Crippen LogP contribution in [0.2, 0.25) is 0 Å². The van der Waals surface area contributed by atoms with Crippen molar-refractivity contribution in [2.45, 2.75) is 0 Å². The molecule has 0 fully saturated rings. The highest BCUT2D eigenvalue weighted by Crippen LogP contribution is 2.26. The molecule has 0 aliphatic rings. The van der Waals surface area contributed by atoms with Gasteiger partial charge in [-0.1, -0.05) is 0 Å². The van der Waals surface area contributed by atoms with Gasteiger partial charge in [-0.2, -0.15) is 0 Å². The normalized spacial score (nSPS) is 10.2. The molecule has 0 aliphatic heterocycles. The first-order valence-corrected chi connectivity index (χ1v) is 4.43. The Morgan fingerprint density at radius 3 is 2.75 bits per heavy atom. The fraction of sp³-hybridized carbons (Fsp3) is 0. The molecule has 2 N–H and O–H groups in total. The molecule has 80 valence electrons. The molecule has 0 radical (unpaired) electrons. The molecule has 0 aliphatic carbocycles. The highest BCUT2D eigenvalue weighted by Gasteiger charge is 2.16. The number of rotatable bonds is 2. The predicted molar refractivity (Wildman–Crippen MR) is 56.9 cm³/mol. The highest BCUT2D eigenvalue weighted by molar-refractivity contribution is 6.06. The fourth-order valence-electron chi connectivity index (χ4n) is 1.52. The first-order chi connectivity index (χ1) is 7.61. The van der Waals surface area contributed by atoms with Gasteiger partial charge in [0.25, 0.3) is 11.6 Å². The smallest absolute Gasteiger partial charge is 0.278 e. The van der Waals surface area contributed by atoms with Crippen LogP contribution in [0.3, 0.4) is 0 Å². The van der Waals surface area contributed by atoms with Gasteiger partial charge < -0.3 is 5.73 Å². The quantitative estimate of drug-likeness (QED) is 0.604. The van der Waals surface area contributed by atoms with Crippen molar-refractivity contribution in [1.82, 2.24) is 4.98 Å². The van der Waals surface area contributed by atoms with E-state index in [1.807, 2.05) is 0 Å². The van der Waals surface area contributed by atoms with Crippen LogP contribution < -0.4 is 5.73 Å². The van der Waals surface area contributed by atoms with Gasteiger partial charge in [-0.15, -0.1) is 0 Å². The standard InChI is InChI=1S/C10H7N3O3/c11-10(14)7-3-4-8(13(15)16)6-2-1-5-12-9(6)7/h1-5H,(H2,11,14). The summed E-state index contributed by atoms with van der Waals surface area (Å²) in [7, 11) is 0. The van der Waals surface area contributed by atoms with Crippen molar-refractivity contribution in [3.63, 3.8) is 0 Å². The average molecular weight is 217 g/mol. The van der Waals surface area contributed by atoms with E-state index in [0.717, 1.165) is 0 Å². The van der Waals surface area contributed by atoms with Gasteiger partial charge in [-0.25, -0.2) is 0 Å². The first kappa shape index (κ1) is 10.0. The number of benzene rings is 1. The number of nitro benzene ring substituents is 1. The minimum atomic E-state index is -0.654. The summed E-state index contributed by atoms with van der Waals surface area (Å²) in [6.07, 6.45) is 1.46. The Morgan fingerprint density at radius 2 is 2.12 bits per heavy atom. The second-order valence-electron chi connectivity index (χ2n) is 3.15. The van der Waals surface area contributed by atoms with Gasteiger partial charge in [-0.3, -0.25) is 19.9 Å². The summed E-state index contributed by atoms with van der Waals surface area (Å²) in [5.41, 5.74) is 5.50. The third kappa shape index (κ3) is 1.46. The van der Waals surface area contributed by atoms with Gasteiger partial charge in [0.15, 0.2) is 0 Å². The third-order valence-electron chi connectivity index (χ3n) is 2.21. The Morgan fingerprint density at radius 1 is 1.38 bits per heavy atom. The van der Waals surface area contributed by atoms with E-state index in [-0.39, 0.29) is 16.8 Å². The third-order valence-corrected chi connectivity index (χ3v) is 2.21. The van der Waals surface area contributed by atoms with Crippen molar-refractivity contribution in [2.75, 3.05) is 0 Å². The summed E-state index contributed by atoms with van der Waals surface area (Å²) >= 11 is 0. The number of amides is 1. The molecular formula is C10H7N3O3. The van der Waals surface area contributed by atoms with Crippen LogP contribution in [0.15, 0.2) is 30.5 Å². The van der Waals surface area contributed by atoms with E-state index in [1.54, 1.807) is 6.07 Å². The van der Waals surface area contributed by atoms with Gasteiger partial charge >= 0.3 is 0 Å². The molecule has 6 heteroatoms. The summed E-state index contributed by atoms with van der Waals surface area (Å²) in [4.78, 5) is 25.3. The van der Waals surface area contributed by atoms with Crippen LogP contribution >= 0.6 is 0 Å². The molecule has 1 aromatic heterocycles. The Balaban J connectivity index is 2.87. The summed E-state index contributed by atoms with van der Waals surface area (Å²) in [5.74, 6) is -0.654. The zero-order valence-corrected chi connectivity index (χ0v) is 8.08. The van der Waals surface area contributed by atoms with E-state index >= 15 is 0 Å². The number of nitrogens with zero attached hydrogens (tertiary/aromatic N) is 2. The van der Waals surface area contributed by atoms with Gasteiger partial charge in [0.2, 0.25) is 0 Å². The summed E-state index contributed by atoms with van der Waals surface area (Å²) in [6.45, 7) is 0. The summed E-state index contributed by atoms with van der Waals surface area (Å²) < 4.78 is 0. The molecule has 1 aromatic carbocycles. The lowest BCUT2D eigenvalue weighted by Crippen LogP contribution is -2.12. The number of nitro groups is 1. The summed E-state index contributed by atoms with van der Waals surface area (Å²) in [6, 6.07) is 5.67. The van der Waals surface area contributed by atoms with E-state index in [1.165, 1.54) is 24.4 Å². The van der Waals surface area contributed by atoms with Crippen LogP contribution in [0, 0.1) is 10.1 Å². The molecule has 1 amide bonds. The van der Waals surface area contributed by atoms with Crippen molar-refractivity contribution in [3.8, 4) is 0 Å². The Bertz CT molecular complexity index is 542. The van der Waals surface area contributed by atoms with Crippen molar-refractivity contribution < 1.29 is 9.72 Å². The molecule has 0 saturated carbocycles. The van der Waals surface area contributed by atoms with Crippen molar-refractivity contribution in [2.24, 2.45) is 5.73 Å². The predicted octanol–water partition coefficient (Wildman–Crippen LogP) is 1.24. The molecule has 2 aromatic rings. The molecular weight excluding hydrogens is 210 g/mol. The number of non-ortho nitro benzene ring substituents is 1. The van der Waals surface area contributed by atoms with Crippen molar-refractivity contribution in [3.05, 3.63) is 46.1 Å².